The van der Waals surface area contributed by atoms with Crippen molar-refractivity contribution in [2.24, 2.45) is 0 Å². The minimum Gasteiger partial charge on any atom is -0.487 e. The van der Waals surface area contributed by atoms with Crippen LogP contribution in [-0.4, -0.2) is 83.6 Å². The highest BCUT2D eigenvalue weighted by Crippen LogP contribution is 2.46. The van der Waals surface area contributed by atoms with Crippen LogP contribution in [0.25, 0.3) is 10.9 Å². The average Bonchev–Trinajstić information content (AvgIpc) is 3.47. The Labute approximate surface area is 201 Å². The van der Waals surface area contributed by atoms with Crippen molar-refractivity contribution in [1.82, 2.24) is 24.6 Å². The van der Waals surface area contributed by atoms with Gasteiger partial charge in [0.25, 0.3) is 0 Å². The Morgan fingerprint density at radius 1 is 1.03 bits per heavy atom. The van der Waals surface area contributed by atoms with E-state index in [4.69, 9.17) is 9.84 Å². The van der Waals surface area contributed by atoms with Gasteiger partial charge in [-0.05, 0) is 51.2 Å². The molecule has 3 aliphatic heterocycles. The number of aromatic nitrogens is 2. The predicted octanol–water partition coefficient (Wildman–Crippen LogP) is 3.45. The first kappa shape index (κ1) is 21.7. The summed E-state index contributed by atoms with van der Waals surface area (Å²) in [6, 6.07) is 14.9. The highest BCUT2D eigenvalue weighted by Gasteiger charge is 2.38. The monoisotopic (exact) mass is 461 g/mol. The van der Waals surface area contributed by atoms with E-state index in [0.29, 0.717) is 0 Å². The number of nitrogens with one attached hydrogen (secondary N) is 1. The zero-order chi connectivity index (χ0) is 23.1. The third-order valence-electron chi connectivity index (χ3n) is 7.48. The fraction of sp³-hybridized carbons (Fsp3) is 0.500. The van der Waals surface area contributed by atoms with Crippen molar-refractivity contribution in [3.63, 3.8) is 0 Å². The maximum absolute atomic E-state index is 6.65. The lowest BCUT2D eigenvalue weighted by molar-refractivity contribution is 0.0925. The van der Waals surface area contributed by atoms with Crippen LogP contribution in [0.15, 0.2) is 48.7 Å². The van der Waals surface area contributed by atoms with E-state index in [-0.39, 0.29) is 12.4 Å². The summed E-state index contributed by atoms with van der Waals surface area (Å²) in [5, 5.41) is 14.6. The fourth-order valence-electron chi connectivity index (χ4n) is 5.52. The number of likely N-dealkylation sites (N-methyl/N-ethyl adjacent to an activating group) is 2. The molecule has 2 saturated heterocycles. The molecular formula is C26H35N7O. The summed E-state index contributed by atoms with van der Waals surface area (Å²) in [6.45, 7) is 9.53. The van der Waals surface area contributed by atoms with Crippen molar-refractivity contribution >= 4 is 22.3 Å². The number of hydrogen-bond donors (Lipinski definition) is 1. The molecular weight excluding hydrogens is 426 g/mol. The van der Waals surface area contributed by atoms with Gasteiger partial charge >= 0.3 is 0 Å². The quantitative estimate of drug-likeness (QED) is 0.625. The summed E-state index contributed by atoms with van der Waals surface area (Å²) in [5.41, 5.74) is 3.36. The van der Waals surface area contributed by atoms with Gasteiger partial charge in [-0.25, -0.2) is 9.69 Å². The van der Waals surface area contributed by atoms with Crippen LogP contribution in [0.4, 0.5) is 11.4 Å². The minimum absolute atomic E-state index is 0.137. The molecule has 0 radical (unpaired) electrons. The Hall–Kier alpha value is -2.81. The summed E-state index contributed by atoms with van der Waals surface area (Å²) < 4.78 is 8.76. The maximum Gasteiger partial charge on any atom is 0.212 e. The number of piperazine rings is 1. The van der Waals surface area contributed by atoms with Gasteiger partial charge in [-0.1, -0.05) is 31.2 Å². The molecule has 8 nitrogen and oxygen atoms in total. The van der Waals surface area contributed by atoms with Crippen LogP contribution in [0.5, 0.6) is 5.75 Å². The number of para-hydroxylation sites is 2. The number of rotatable bonds is 5. The average molecular weight is 462 g/mol. The molecule has 4 heterocycles. The number of anilines is 2. The third kappa shape index (κ3) is 3.89. The van der Waals surface area contributed by atoms with Gasteiger partial charge in [-0.15, -0.1) is 0 Å². The second kappa shape index (κ2) is 9.09. The van der Waals surface area contributed by atoms with Crippen molar-refractivity contribution in [3.8, 4) is 5.75 Å². The Balaban J connectivity index is 1.36. The van der Waals surface area contributed by atoms with Crippen molar-refractivity contribution in [2.75, 3.05) is 63.2 Å². The lowest BCUT2D eigenvalue weighted by atomic mass is 10.1. The molecule has 2 atom stereocenters. The molecule has 0 saturated carbocycles. The Kier molecular flexibility index (Phi) is 5.80. The van der Waals surface area contributed by atoms with Gasteiger partial charge in [0.15, 0.2) is 0 Å². The Morgan fingerprint density at radius 3 is 2.74 bits per heavy atom. The highest BCUT2D eigenvalue weighted by atomic mass is 16.5. The van der Waals surface area contributed by atoms with Crippen molar-refractivity contribution in [1.29, 1.82) is 0 Å². The summed E-state index contributed by atoms with van der Waals surface area (Å²) in [7, 11) is 2.20. The smallest absolute Gasteiger partial charge is 0.212 e. The first-order valence-corrected chi connectivity index (χ1v) is 12.6. The number of ether oxygens (including phenoxy) is 1. The van der Waals surface area contributed by atoms with E-state index >= 15 is 0 Å². The van der Waals surface area contributed by atoms with Crippen LogP contribution in [-0.2, 0) is 0 Å². The lowest BCUT2D eigenvalue weighted by Gasteiger charge is -2.41. The topological polar surface area (TPSA) is 52.0 Å². The highest BCUT2D eigenvalue weighted by molar-refractivity contribution is 5.83. The molecule has 1 aromatic heterocycles. The number of hydrogen-bond acceptors (Lipinski definition) is 7. The van der Waals surface area contributed by atoms with Crippen LogP contribution < -0.4 is 15.1 Å². The van der Waals surface area contributed by atoms with Gasteiger partial charge in [-0.3, -0.25) is 9.91 Å². The van der Waals surface area contributed by atoms with E-state index in [1.807, 2.05) is 6.20 Å². The summed E-state index contributed by atoms with van der Waals surface area (Å²) in [6.07, 6.45) is 4.34. The van der Waals surface area contributed by atoms with Gasteiger partial charge < -0.3 is 15.0 Å². The Morgan fingerprint density at radius 2 is 1.88 bits per heavy atom. The first-order valence-electron chi connectivity index (χ1n) is 12.6. The molecule has 6 rings (SSSR count). The van der Waals surface area contributed by atoms with Crippen LogP contribution in [0.3, 0.4) is 0 Å². The third-order valence-corrected chi connectivity index (χ3v) is 7.48. The van der Waals surface area contributed by atoms with E-state index in [2.05, 4.69) is 86.3 Å². The number of benzene rings is 2. The van der Waals surface area contributed by atoms with Crippen molar-refractivity contribution in [2.45, 2.75) is 32.2 Å². The molecule has 2 unspecified atom stereocenters. The van der Waals surface area contributed by atoms with Crippen LogP contribution >= 0.6 is 0 Å². The number of hydrazine groups is 1. The summed E-state index contributed by atoms with van der Waals surface area (Å²) in [4.78, 5) is 4.88. The van der Waals surface area contributed by atoms with E-state index in [0.717, 1.165) is 73.7 Å². The molecule has 180 valence electrons. The molecule has 2 aromatic carbocycles. The van der Waals surface area contributed by atoms with Crippen LogP contribution in [0, 0.1) is 0 Å². The summed E-state index contributed by atoms with van der Waals surface area (Å²) in [5.74, 6) is 0.943. The van der Waals surface area contributed by atoms with Crippen molar-refractivity contribution in [3.05, 3.63) is 48.7 Å². The van der Waals surface area contributed by atoms with Gasteiger partial charge in [-0.2, -0.15) is 5.10 Å². The molecule has 0 aliphatic carbocycles. The first-order chi connectivity index (χ1) is 16.7. The normalized spacial score (nSPS) is 24.4. The second-order valence-electron chi connectivity index (χ2n) is 9.69. The predicted molar refractivity (Wildman–Crippen MR) is 136 cm³/mol. The van der Waals surface area contributed by atoms with Crippen molar-refractivity contribution < 1.29 is 4.74 Å². The lowest BCUT2D eigenvalue weighted by Crippen LogP contribution is -2.54. The van der Waals surface area contributed by atoms with Gasteiger partial charge in [0.1, 0.15) is 17.5 Å². The maximum atomic E-state index is 6.65. The molecule has 0 spiro atoms. The zero-order valence-corrected chi connectivity index (χ0v) is 20.2. The second-order valence-corrected chi connectivity index (χ2v) is 9.69. The zero-order valence-electron chi connectivity index (χ0n) is 20.2. The molecule has 3 aromatic rings. The number of fused-ring (bicyclic) bond motifs is 2. The van der Waals surface area contributed by atoms with E-state index in [9.17, 15) is 0 Å². The van der Waals surface area contributed by atoms with Gasteiger partial charge in [0.05, 0.1) is 17.4 Å². The van der Waals surface area contributed by atoms with E-state index < -0.39 is 0 Å². The number of nitrogens with zero attached hydrogens (tertiary/aromatic N) is 6. The molecule has 0 amide bonds. The molecule has 0 bridgehead atoms. The van der Waals surface area contributed by atoms with E-state index in [1.165, 1.54) is 13.0 Å². The minimum atomic E-state index is -0.137. The molecule has 1 N–H and O–H groups in total. The molecule has 34 heavy (non-hydrogen) atoms. The van der Waals surface area contributed by atoms with Crippen LogP contribution in [0.1, 0.15) is 26.1 Å². The standard InChI is InChI=1S/C26H35N7O/c1-3-30-13-7-9-21(19-30)34-24-12-6-11-23-25(24)28-26(33(23)31-16-14-29(2)15-17-31)32-22-10-5-4-8-20(22)18-27-32/h4-6,8,10-12,18,21,26,28H,3,7,9,13-17,19H2,1-2H3. The Bertz CT molecular complexity index is 1140. The largest absolute Gasteiger partial charge is 0.487 e. The van der Waals surface area contributed by atoms with E-state index in [1.54, 1.807) is 0 Å². The molecule has 2 fully saturated rings. The number of piperidine rings is 1. The summed E-state index contributed by atoms with van der Waals surface area (Å²) >= 11 is 0. The molecule has 8 heteroatoms. The van der Waals surface area contributed by atoms with Gasteiger partial charge in [0, 0.05) is 38.1 Å². The van der Waals surface area contributed by atoms with Crippen LogP contribution in [0.2, 0.25) is 0 Å². The SMILES string of the molecule is CCN1CCCC(Oc2cccc3c2NC(n2ncc4ccccc42)N3N2CCN(C)CC2)C1. The molecule has 3 aliphatic rings. The number of likely N-dealkylation sites (tertiary alicyclic amines) is 1. The van der Waals surface area contributed by atoms with Gasteiger partial charge in [0.2, 0.25) is 6.29 Å². The fourth-order valence-corrected chi connectivity index (χ4v) is 5.52.